The molecule has 1 heterocycles. The van der Waals surface area contributed by atoms with Crippen molar-refractivity contribution >= 4 is 0 Å². The molecule has 3 aliphatic rings. The van der Waals surface area contributed by atoms with E-state index in [-0.39, 0.29) is 0 Å². The molecule has 3 fully saturated rings. The SMILES string of the molecule is CN(CC1CCCN1)C1CCC12CCCCC2. The van der Waals surface area contributed by atoms with Crippen LogP contribution in [-0.4, -0.2) is 37.1 Å². The van der Waals surface area contributed by atoms with Crippen molar-refractivity contribution in [3.05, 3.63) is 0 Å². The lowest BCUT2D eigenvalue weighted by molar-refractivity contribution is -0.0441. The first-order valence-electron chi connectivity index (χ1n) is 7.74. The van der Waals surface area contributed by atoms with E-state index in [0.29, 0.717) is 0 Å². The Labute approximate surface area is 106 Å². The van der Waals surface area contributed by atoms with Gasteiger partial charge in [-0.05, 0) is 57.5 Å². The maximum atomic E-state index is 3.64. The van der Waals surface area contributed by atoms with Gasteiger partial charge in [-0.25, -0.2) is 0 Å². The predicted molar refractivity (Wildman–Crippen MR) is 72.2 cm³/mol. The van der Waals surface area contributed by atoms with E-state index in [9.17, 15) is 0 Å². The van der Waals surface area contributed by atoms with E-state index in [1.165, 1.54) is 70.9 Å². The summed E-state index contributed by atoms with van der Waals surface area (Å²) in [5.41, 5.74) is 0.742. The van der Waals surface area contributed by atoms with Crippen LogP contribution in [0.5, 0.6) is 0 Å². The Hall–Kier alpha value is -0.0800. The Morgan fingerprint density at radius 2 is 1.88 bits per heavy atom. The molecule has 1 saturated heterocycles. The smallest absolute Gasteiger partial charge is 0.0195 e. The van der Waals surface area contributed by atoms with Gasteiger partial charge in [0.15, 0.2) is 0 Å². The van der Waals surface area contributed by atoms with Crippen molar-refractivity contribution in [2.75, 3.05) is 20.1 Å². The predicted octanol–water partition coefficient (Wildman–Crippen LogP) is 2.78. The molecular formula is C15H28N2. The Morgan fingerprint density at radius 3 is 2.47 bits per heavy atom. The third-order valence-electron chi connectivity index (χ3n) is 5.67. The third-order valence-corrected chi connectivity index (χ3v) is 5.67. The fourth-order valence-electron chi connectivity index (χ4n) is 4.60. The van der Waals surface area contributed by atoms with Gasteiger partial charge < -0.3 is 10.2 Å². The minimum Gasteiger partial charge on any atom is -0.313 e. The van der Waals surface area contributed by atoms with Gasteiger partial charge in [-0.2, -0.15) is 0 Å². The van der Waals surface area contributed by atoms with Crippen molar-refractivity contribution in [3.8, 4) is 0 Å². The molecule has 2 heteroatoms. The fourth-order valence-corrected chi connectivity index (χ4v) is 4.60. The van der Waals surface area contributed by atoms with Crippen LogP contribution < -0.4 is 5.32 Å². The van der Waals surface area contributed by atoms with E-state index >= 15 is 0 Å². The summed E-state index contributed by atoms with van der Waals surface area (Å²) < 4.78 is 0. The number of rotatable bonds is 3. The molecule has 2 aliphatic carbocycles. The first-order valence-corrected chi connectivity index (χ1v) is 7.74. The second kappa shape index (κ2) is 4.89. The van der Waals surface area contributed by atoms with Crippen LogP contribution in [0.15, 0.2) is 0 Å². The van der Waals surface area contributed by atoms with Crippen molar-refractivity contribution in [2.45, 2.75) is 69.9 Å². The average Bonchev–Trinajstić information content (AvgIpc) is 2.81. The molecule has 2 atom stereocenters. The normalized spacial score (nSPS) is 36.4. The molecular weight excluding hydrogens is 208 g/mol. The van der Waals surface area contributed by atoms with Crippen LogP contribution in [0.1, 0.15) is 57.8 Å². The Kier molecular flexibility index (Phi) is 3.45. The van der Waals surface area contributed by atoms with Crippen LogP contribution >= 0.6 is 0 Å². The summed E-state index contributed by atoms with van der Waals surface area (Å²) >= 11 is 0. The molecule has 0 bridgehead atoms. The quantitative estimate of drug-likeness (QED) is 0.810. The minimum atomic E-state index is 0.742. The molecule has 1 aliphatic heterocycles. The largest absolute Gasteiger partial charge is 0.313 e. The lowest BCUT2D eigenvalue weighted by Gasteiger charge is -2.56. The van der Waals surface area contributed by atoms with Gasteiger partial charge in [0, 0.05) is 18.6 Å². The first kappa shape index (κ1) is 12.0. The van der Waals surface area contributed by atoms with Crippen molar-refractivity contribution in [1.82, 2.24) is 10.2 Å². The molecule has 17 heavy (non-hydrogen) atoms. The summed E-state index contributed by atoms with van der Waals surface area (Å²) in [7, 11) is 2.38. The fraction of sp³-hybridized carbons (Fsp3) is 1.00. The molecule has 2 unspecified atom stereocenters. The Balaban J connectivity index is 1.55. The average molecular weight is 236 g/mol. The van der Waals surface area contributed by atoms with Gasteiger partial charge in [-0.3, -0.25) is 0 Å². The first-order chi connectivity index (χ1) is 8.30. The zero-order chi connectivity index (χ0) is 11.7. The molecule has 0 amide bonds. The number of nitrogens with one attached hydrogen (secondary N) is 1. The van der Waals surface area contributed by atoms with Gasteiger partial charge in [-0.15, -0.1) is 0 Å². The highest BCUT2D eigenvalue weighted by Crippen LogP contribution is 2.53. The molecule has 3 rings (SSSR count). The molecule has 0 aromatic carbocycles. The topological polar surface area (TPSA) is 15.3 Å². The minimum absolute atomic E-state index is 0.742. The van der Waals surface area contributed by atoms with Gasteiger partial charge in [0.25, 0.3) is 0 Å². The molecule has 1 spiro atoms. The lowest BCUT2D eigenvalue weighted by Crippen LogP contribution is -2.56. The molecule has 1 N–H and O–H groups in total. The highest BCUT2D eigenvalue weighted by molar-refractivity contribution is 5.02. The Morgan fingerprint density at radius 1 is 1.06 bits per heavy atom. The summed E-state index contributed by atoms with van der Waals surface area (Å²) in [5.74, 6) is 0. The van der Waals surface area contributed by atoms with E-state index in [0.717, 1.165) is 17.5 Å². The van der Waals surface area contributed by atoms with Gasteiger partial charge in [0.05, 0.1) is 0 Å². The van der Waals surface area contributed by atoms with Crippen LogP contribution in [0.25, 0.3) is 0 Å². The summed E-state index contributed by atoms with van der Waals surface area (Å²) in [6.45, 7) is 2.53. The standard InChI is InChI=1S/C15H28N2/c1-17(12-13-6-5-11-16-13)14-7-10-15(14)8-3-2-4-9-15/h13-14,16H,2-12H2,1H3. The van der Waals surface area contributed by atoms with Crippen LogP contribution in [-0.2, 0) is 0 Å². The van der Waals surface area contributed by atoms with Crippen LogP contribution in [0.3, 0.4) is 0 Å². The summed E-state index contributed by atoms with van der Waals surface area (Å²) in [5, 5.41) is 3.64. The van der Waals surface area contributed by atoms with E-state index in [1.54, 1.807) is 0 Å². The third kappa shape index (κ3) is 2.26. The van der Waals surface area contributed by atoms with E-state index in [1.807, 2.05) is 0 Å². The van der Waals surface area contributed by atoms with Crippen LogP contribution in [0.2, 0.25) is 0 Å². The van der Waals surface area contributed by atoms with Crippen molar-refractivity contribution in [2.24, 2.45) is 5.41 Å². The van der Waals surface area contributed by atoms with Crippen LogP contribution in [0.4, 0.5) is 0 Å². The van der Waals surface area contributed by atoms with Gasteiger partial charge in [0.2, 0.25) is 0 Å². The molecule has 2 saturated carbocycles. The van der Waals surface area contributed by atoms with E-state index in [4.69, 9.17) is 0 Å². The van der Waals surface area contributed by atoms with Crippen molar-refractivity contribution in [1.29, 1.82) is 0 Å². The van der Waals surface area contributed by atoms with Gasteiger partial charge in [-0.1, -0.05) is 19.3 Å². The van der Waals surface area contributed by atoms with Gasteiger partial charge in [0.1, 0.15) is 0 Å². The highest BCUT2D eigenvalue weighted by atomic mass is 15.2. The maximum absolute atomic E-state index is 3.64. The second-order valence-corrected chi connectivity index (χ2v) is 6.71. The summed E-state index contributed by atoms with van der Waals surface area (Å²) in [6, 6.07) is 1.69. The van der Waals surface area contributed by atoms with Crippen LogP contribution in [0, 0.1) is 5.41 Å². The van der Waals surface area contributed by atoms with Gasteiger partial charge >= 0.3 is 0 Å². The molecule has 2 nitrogen and oxygen atoms in total. The number of likely N-dealkylation sites (N-methyl/N-ethyl adjacent to an activating group) is 1. The lowest BCUT2D eigenvalue weighted by atomic mass is 9.57. The number of hydrogen-bond acceptors (Lipinski definition) is 2. The second-order valence-electron chi connectivity index (χ2n) is 6.71. The molecule has 0 radical (unpaired) electrons. The molecule has 98 valence electrons. The molecule has 0 aromatic rings. The van der Waals surface area contributed by atoms with Crippen molar-refractivity contribution in [3.63, 3.8) is 0 Å². The van der Waals surface area contributed by atoms with E-state index < -0.39 is 0 Å². The van der Waals surface area contributed by atoms with Crippen molar-refractivity contribution < 1.29 is 0 Å². The zero-order valence-electron chi connectivity index (χ0n) is 11.4. The number of nitrogens with zero attached hydrogens (tertiary/aromatic N) is 1. The summed E-state index contributed by atoms with van der Waals surface area (Å²) in [4.78, 5) is 2.69. The Bertz CT molecular complexity index is 252. The number of hydrogen-bond donors (Lipinski definition) is 1. The van der Waals surface area contributed by atoms with E-state index in [2.05, 4.69) is 17.3 Å². The maximum Gasteiger partial charge on any atom is 0.0195 e. The molecule has 0 aromatic heterocycles. The highest BCUT2D eigenvalue weighted by Gasteiger charge is 2.48. The zero-order valence-corrected chi connectivity index (χ0v) is 11.4. The monoisotopic (exact) mass is 236 g/mol. The summed E-state index contributed by atoms with van der Waals surface area (Å²) in [6.07, 6.45) is 13.3.